The largest absolute Gasteiger partial charge is 0.382 e. The van der Waals surface area contributed by atoms with Gasteiger partial charge in [0.05, 0.1) is 11.7 Å². The van der Waals surface area contributed by atoms with E-state index in [4.69, 9.17) is 4.18 Å². The number of hydrogen-bond donors (Lipinski definition) is 0. The lowest BCUT2D eigenvalue weighted by Crippen LogP contribution is -2.37. The van der Waals surface area contributed by atoms with E-state index in [0.29, 0.717) is 19.0 Å². The maximum absolute atomic E-state index is 13.3. The first-order chi connectivity index (χ1) is 13.8. The molecule has 6 heteroatoms. The zero-order valence-corrected chi connectivity index (χ0v) is 18.5. The standard InChI is InChI=1S/C23H31NO4S/c1-5-22(20-10-8-7-9-11-20)23(25)24(16-18(3)4)17-19-12-14-21(15-13-19)28-29(26,27)6-2/h7-15,18,22H,5-6,16-17H2,1-4H3/t22-/m0/s1. The van der Waals surface area contributed by atoms with Crippen molar-refractivity contribution in [1.29, 1.82) is 0 Å². The van der Waals surface area contributed by atoms with Crippen molar-refractivity contribution in [2.24, 2.45) is 5.92 Å². The fraction of sp³-hybridized carbons (Fsp3) is 0.435. The van der Waals surface area contributed by atoms with E-state index in [2.05, 4.69) is 13.8 Å². The van der Waals surface area contributed by atoms with E-state index in [1.807, 2.05) is 54.3 Å². The Morgan fingerprint density at radius 3 is 2.14 bits per heavy atom. The maximum Gasteiger partial charge on any atom is 0.308 e. The molecule has 5 nitrogen and oxygen atoms in total. The topological polar surface area (TPSA) is 63.7 Å². The number of carbonyl (C=O) groups is 1. The van der Waals surface area contributed by atoms with Crippen LogP contribution in [-0.4, -0.2) is 31.5 Å². The van der Waals surface area contributed by atoms with Gasteiger partial charge in [-0.2, -0.15) is 8.42 Å². The van der Waals surface area contributed by atoms with Crippen LogP contribution in [0.2, 0.25) is 0 Å². The van der Waals surface area contributed by atoms with Crippen molar-refractivity contribution >= 4 is 16.0 Å². The highest BCUT2D eigenvalue weighted by molar-refractivity contribution is 7.87. The van der Waals surface area contributed by atoms with Gasteiger partial charge in [0.1, 0.15) is 5.75 Å². The molecule has 29 heavy (non-hydrogen) atoms. The Kier molecular flexibility index (Phi) is 8.26. The molecule has 158 valence electrons. The van der Waals surface area contributed by atoms with Gasteiger partial charge in [0.15, 0.2) is 0 Å². The zero-order chi connectivity index (χ0) is 21.4. The van der Waals surface area contributed by atoms with Crippen molar-refractivity contribution in [3.05, 3.63) is 65.7 Å². The SMILES string of the molecule is CC[C@H](C(=O)N(Cc1ccc(OS(=O)(=O)CC)cc1)CC(C)C)c1ccccc1. The number of rotatable bonds is 10. The summed E-state index contributed by atoms with van der Waals surface area (Å²) in [7, 11) is -3.55. The molecule has 0 spiro atoms. The summed E-state index contributed by atoms with van der Waals surface area (Å²) in [6.07, 6.45) is 0.735. The molecule has 0 aromatic heterocycles. The second-order valence-electron chi connectivity index (χ2n) is 7.56. The van der Waals surface area contributed by atoms with Gasteiger partial charge in [-0.05, 0) is 42.5 Å². The maximum atomic E-state index is 13.3. The van der Waals surface area contributed by atoms with Crippen molar-refractivity contribution in [3.8, 4) is 5.75 Å². The summed E-state index contributed by atoms with van der Waals surface area (Å²) < 4.78 is 28.2. The predicted octanol–water partition coefficient (Wildman–Crippen LogP) is 4.59. The lowest BCUT2D eigenvalue weighted by Gasteiger charge is -2.29. The van der Waals surface area contributed by atoms with Crippen LogP contribution in [0.1, 0.15) is 51.2 Å². The van der Waals surface area contributed by atoms with Gasteiger partial charge in [0.25, 0.3) is 0 Å². The van der Waals surface area contributed by atoms with Gasteiger partial charge in [-0.1, -0.05) is 63.2 Å². The molecule has 0 heterocycles. The molecule has 0 aliphatic carbocycles. The molecule has 2 aromatic carbocycles. The molecule has 0 N–H and O–H groups in total. The minimum atomic E-state index is -3.55. The minimum Gasteiger partial charge on any atom is -0.382 e. The predicted molar refractivity (Wildman–Crippen MR) is 116 cm³/mol. The molecule has 0 unspecified atom stereocenters. The highest BCUT2D eigenvalue weighted by Gasteiger charge is 2.25. The lowest BCUT2D eigenvalue weighted by atomic mass is 9.94. The number of benzene rings is 2. The van der Waals surface area contributed by atoms with Crippen LogP contribution in [0.25, 0.3) is 0 Å². The van der Waals surface area contributed by atoms with E-state index < -0.39 is 10.1 Å². The quantitative estimate of drug-likeness (QED) is 0.530. The van der Waals surface area contributed by atoms with Crippen LogP contribution in [-0.2, 0) is 21.5 Å². The Balaban J connectivity index is 2.19. The number of nitrogens with zero attached hydrogens (tertiary/aromatic N) is 1. The summed E-state index contributed by atoms with van der Waals surface area (Å²) in [5, 5.41) is 0. The van der Waals surface area contributed by atoms with Crippen LogP contribution in [0.3, 0.4) is 0 Å². The molecule has 0 fully saturated rings. The average molecular weight is 418 g/mol. The van der Waals surface area contributed by atoms with Gasteiger partial charge >= 0.3 is 10.1 Å². The fourth-order valence-electron chi connectivity index (χ4n) is 3.21. The molecule has 0 aliphatic heterocycles. The Morgan fingerprint density at radius 1 is 1.00 bits per heavy atom. The summed E-state index contributed by atoms with van der Waals surface area (Å²) >= 11 is 0. The average Bonchev–Trinajstić information content (AvgIpc) is 2.69. The third kappa shape index (κ3) is 6.89. The number of hydrogen-bond acceptors (Lipinski definition) is 4. The Labute approximate surface area is 174 Å². The molecule has 0 saturated carbocycles. The second-order valence-corrected chi connectivity index (χ2v) is 9.42. The highest BCUT2D eigenvalue weighted by Crippen LogP contribution is 2.24. The van der Waals surface area contributed by atoms with Crippen LogP contribution in [0.4, 0.5) is 0 Å². The van der Waals surface area contributed by atoms with E-state index >= 15 is 0 Å². The first-order valence-electron chi connectivity index (χ1n) is 10.1. The van der Waals surface area contributed by atoms with Gasteiger partial charge < -0.3 is 9.08 Å². The third-order valence-corrected chi connectivity index (χ3v) is 5.83. The zero-order valence-electron chi connectivity index (χ0n) is 17.7. The molecule has 2 rings (SSSR count). The summed E-state index contributed by atoms with van der Waals surface area (Å²) in [4.78, 5) is 15.2. The van der Waals surface area contributed by atoms with Crippen LogP contribution < -0.4 is 4.18 Å². The Hall–Kier alpha value is -2.34. The summed E-state index contributed by atoms with van der Waals surface area (Å²) in [6, 6.07) is 16.8. The van der Waals surface area contributed by atoms with Crippen molar-refractivity contribution in [2.75, 3.05) is 12.3 Å². The Morgan fingerprint density at radius 2 is 1.62 bits per heavy atom. The van der Waals surface area contributed by atoms with E-state index in [-0.39, 0.29) is 23.3 Å². The molecule has 0 bridgehead atoms. The molecule has 2 aromatic rings. The van der Waals surface area contributed by atoms with E-state index in [9.17, 15) is 13.2 Å². The smallest absolute Gasteiger partial charge is 0.308 e. The number of amides is 1. The second kappa shape index (κ2) is 10.4. The molecule has 1 atom stereocenters. The number of carbonyl (C=O) groups excluding carboxylic acids is 1. The Bertz CT molecular complexity index is 877. The van der Waals surface area contributed by atoms with Gasteiger partial charge in [-0.15, -0.1) is 0 Å². The van der Waals surface area contributed by atoms with Gasteiger partial charge in [-0.25, -0.2) is 0 Å². The molecule has 0 saturated heterocycles. The monoisotopic (exact) mass is 417 g/mol. The highest BCUT2D eigenvalue weighted by atomic mass is 32.2. The summed E-state index contributed by atoms with van der Waals surface area (Å²) in [6.45, 7) is 8.89. The van der Waals surface area contributed by atoms with Crippen LogP contribution in [0, 0.1) is 5.92 Å². The molecular formula is C23H31NO4S. The fourth-order valence-corrected chi connectivity index (χ4v) is 3.73. The molecule has 0 radical (unpaired) electrons. The van der Waals surface area contributed by atoms with Crippen LogP contribution in [0.5, 0.6) is 5.75 Å². The van der Waals surface area contributed by atoms with E-state index in [0.717, 1.165) is 17.5 Å². The van der Waals surface area contributed by atoms with Crippen molar-refractivity contribution in [3.63, 3.8) is 0 Å². The minimum absolute atomic E-state index is 0.0800. The normalized spacial score (nSPS) is 12.6. The first kappa shape index (κ1) is 22.9. The van der Waals surface area contributed by atoms with E-state index in [1.165, 1.54) is 6.92 Å². The van der Waals surface area contributed by atoms with Gasteiger partial charge in [0.2, 0.25) is 5.91 Å². The van der Waals surface area contributed by atoms with Crippen LogP contribution >= 0.6 is 0 Å². The van der Waals surface area contributed by atoms with Gasteiger partial charge in [0, 0.05) is 13.1 Å². The third-order valence-electron chi connectivity index (χ3n) is 4.68. The van der Waals surface area contributed by atoms with E-state index in [1.54, 1.807) is 12.1 Å². The van der Waals surface area contributed by atoms with Gasteiger partial charge in [-0.3, -0.25) is 4.79 Å². The molecule has 1 amide bonds. The van der Waals surface area contributed by atoms with Crippen molar-refractivity contribution < 1.29 is 17.4 Å². The summed E-state index contributed by atoms with van der Waals surface area (Å²) in [5.41, 5.74) is 1.96. The van der Waals surface area contributed by atoms with Crippen molar-refractivity contribution in [2.45, 2.75) is 46.6 Å². The summed E-state index contributed by atoms with van der Waals surface area (Å²) in [5.74, 6) is 0.481. The van der Waals surface area contributed by atoms with Crippen LogP contribution in [0.15, 0.2) is 54.6 Å². The first-order valence-corrected chi connectivity index (χ1v) is 11.7. The molecule has 0 aliphatic rings. The molecular weight excluding hydrogens is 386 g/mol. The lowest BCUT2D eigenvalue weighted by molar-refractivity contribution is -0.134. The van der Waals surface area contributed by atoms with Crippen molar-refractivity contribution in [1.82, 2.24) is 4.90 Å².